The third kappa shape index (κ3) is 4.40. The van der Waals surface area contributed by atoms with Crippen molar-refractivity contribution in [2.45, 2.75) is 20.4 Å². The van der Waals surface area contributed by atoms with E-state index in [0.29, 0.717) is 16.1 Å². The zero-order valence-electron chi connectivity index (χ0n) is 19.6. The van der Waals surface area contributed by atoms with Crippen molar-refractivity contribution in [1.82, 2.24) is 14.0 Å². The number of aromatic nitrogens is 2. The van der Waals surface area contributed by atoms with Gasteiger partial charge in [0, 0.05) is 19.8 Å². The molecule has 0 unspecified atom stereocenters. The number of rotatable bonds is 5. The fourth-order valence-corrected chi connectivity index (χ4v) is 5.07. The Labute approximate surface area is 203 Å². The summed E-state index contributed by atoms with van der Waals surface area (Å²) >= 11 is 0.991. The Hall–Kier alpha value is -4.05. The molecule has 0 aliphatic rings. The van der Waals surface area contributed by atoms with E-state index in [-0.39, 0.29) is 28.4 Å². The molecule has 0 bridgehead atoms. The largest absolute Gasteiger partial charge is 0.344 e. The van der Waals surface area contributed by atoms with Crippen LogP contribution in [0.1, 0.15) is 20.8 Å². The van der Waals surface area contributed by atoms with E-state index >= 15 is 0 Å². The van der Waals surface area contributed by atoms with Crippen LogP contribution in [0, 0.1) is 19.7 Å². The molecule has 0 atom stereocenters. The Morgan fingerprint density at radius 3 is 2.31 bits per heavy atom. The Bertz CT molecular complexity index is 1580. The lowest BCUT2D eigenvalue weighted by Gasteiger charge is -2.13. The molecule has 0 fully saturated rings. The lowest BCUT2D eigenvalue weighted by atomic mass is 10.2. The van der Waals surface area contributed by atoms with Gasteiger partial charge in [-0.3, -0.25) is 19.0 Å². The monoisotopic (exact) mass is 494 g/mol. The summed E-state index contributed by atoms with van der Waals surface area (Å²) in [6, 6.07) is 12.1. The second kappa shape index (κ2) is 9.30. The molecule has 0 radical (unpaired) electrons. The second-order valence-electron chi connectivity index (χ2n) is 8.28. The number of fused-ring (bicyclic) bond motifs is 1. The van der Waals surface area contributed by atoms with Crippen molar-refractivity contribution in [2.75, 3.05) is 19.4 Å². The standard InChI is InChI=1S/C25H23FN4O4S/c1-14-7-5-6-8-18(14)27-19(31)13-29-24-20(15(2)21(35-24)23(33)28(3)4)22(32)30(25(29)34)17-11-9-16(26)10-12-17/h5-12H,13H2,1-4H3,(H,27,31). The van der Waals surface area contributed by atoms with Crippen molar-refractivity contribution in [3.63, 3.8) is 0 Å². The van der Waals surface area contributed by atoms with Gasteiger partial charge in [-0.15, -0.1) is 11.3 Å². The summed E-state index contributed by atoms with van der Waals surface area (Å²) < 4.78 is 15.6. The van der Waals surface area contributed by atoms with E-state index in [1.165, 1.54) is 21.6 Å². The van der Waals surface area contributed by atoms with Crippen LogP contribution in [0.3, 0.4) is 0 Å². The van der Waals surface area contributed by atoms with Crippen molar-refractivity contribution in [2.24, 2.45) is 0 Å². The number of hydrogen-bond acceptors (Lipinski definition) is 5. The van der Waals surface area contributed by atoms with Crippen LogP contribution in [-0.4, -0.2) is 39.9 Å². The number of carbonyl (C=O) groups is 2. The molecule has 35 heavy (non-hydrogen) atoms. The van der Waals surface area contributed by atoms with Crippen molar-refractivity contribution in [3.8, 4) is 5.69 Å². The molecule has 0 spiro atoms. The molecule has 0 aliphatic heterocycles. The molecule has 8 nitrogen and oxygen atoms in total. The van der Waals surface area contributed by atoms with Gasteiger partial charge in [-0.2, -0.15) is 0 Å². The first-order valence-corrected chi connectivity index (χ1v) is 11.5. The van der Waals surface area contributed by atoms with Crippen LogP contribution in [0.2, 0.25) is 0 Å². The minimum Gasteiger partial charge on any atom is -0.344 e. The van der Waals surface area contributed by atoms with Crippen molar-refractivity contribution in [3.05, 3.63) is 91.2 Å². The fraction of sp³-hybridized carbons (Fsp3) is 0.200. The first kappa shape index (κ1) is 24.1. The quantitative estimate of drug-likeness (QED) is 0.461. The molecule has 0 saturated carbocycles. The number of para-hydroxylation sites is 1. The summed E-state index contributed by atoms with van der Waals surface area (Å²) in [6.45, 7) is 3.09. The number of benzene rings is 2. The number of anilines is 1. The highest BCUT2D eigenvalue weighted by Crippen LogP contribution is 2.29. The van der Waals surface area contributed by atoms with E-state index in [9.17, 15) is 23.6 Å². The summed E-state index contributed by atoms with van der Waals surface area (Å²) in [5.41, 5.74) is 0.609. The highest BCUT2D eigenvalue weighted by Gasteiger charge is 2.25. The topological polar surface area (TPSA) is 93.4 Å². The SMILES string of the molecule is Cc1ccccc1NC(=O)Cn1c(=O)n(-c2ccc(F)cc2)c(=O)c2c(C)c(C(=O)N(C)C)sc21. The number of nitrogens with one attached hydrogen (secondary N) is 1. The molecule has 2 heterocycles. The minimum absolute atomic E-state index is 0.155. The molecular weight excluding hydrogens is 471 g/mol. The highest BCUT2D eigenvalue weighted by atomic mass is 32.1. The molecule has 0 saturated heterocycles. The average molecular weight is 495 g/mol. The minimum atomic E-state index is -0.765. The average Bonchev–Trinajstić information content (AvgIpc) is 3.16. The van der Waals surface area contributed by atoms with Gasteiger partial charge in [-0.05, 0) is 55.3 Å². The fourth-order valence-electron chi connectivity index (χ4n) is 3.76. The zero-order chi connectivity index (χ0) is 25.4. The van der Waals surface area contributed by atoms with Gasteiger partial charge in [-0.1, -0.05) is 18.2 Å². The molecule has 4 aromatic rings. The molecule has 4 rings (SSSR count). The van der Waals surface area contributed by atoms with Gasteiger partial charge in [-0.25, -0.2) is 13.8 Å². The van der Waals surface area contributed by atoms with Gasteiger partial charge in [0.1, 0.15) is 17.2 Å². The third-order valence-corrected chi connectivity index (χ3v) is 6.92. The summed E-state index contributed by atoms with van der Waals surface area (Å²) in [7, 11) is 3.18. The van der Waals surface area contributed by atoms with Gasteiger partial charge in [0.15, 0.2) is 0 Å². The first-order chi connectivity index (χ1) is 16.6. The number of halogens is 1. The van der Waals surface area contributed by atoms with Crippen molar-refractivity contribution >= 4 is 39.1 Å². The van der Waals surface area contributed by atoms with Gasteiger partial charge >= 0.3 is 5.69 Å². The Kier molecular flexibility index (Phi) is 6.40. The van der Waals surface area contributed by atoms with E-state index in [4.69, 9.17) is 0 Å². The van der Waals surface area contributed by atoms with Crippen LogP contribution in [0.4, 0.5) is 10.1 Å². The van der Waals surface area contributed by atoms with Crippen LogP contribution < -0.4 is 16.6 Å². The van der Waals surface area contributed by atoms with Crippen molar-refractivity contribution in [1.29, 1.82) is 0 Å². The highest BCUT2D eigenvalue weighted by molar-refractivity contribution is 7.20. The molecule has 2 aromatic heterocycles. The lowest BCUT2D eigenvalue weighted by molar-refractivity contribution is -0.116. The third-order valence-electron chi connectivity index (χ3n) is 5.62. The Balaban J connectivity index is 1.94. The first-order valence-electron chi connectivity index (χ1n) is 10.7. The maximum absolute atomic E-state index is 13.5. The molecule has 10 heteroatoms. The van der Waals surface area contributed by atoms with E-state index in [2.05, 4.69) is 5.32 Å². The van der Waals surface area contributed by atoms with Gasteiger partial charge in [0.25, 0.3) is 11.5 Å². The van der Waals surface area contributed by atoms with Crippen LogP contribution >= 0.6 is 11.3 Å². The second-order valence-corrected chi connectivity index (χ2v) is 9.28. The summed E-state index contributed by atoms with van der Waals surface area (Å²) in [5, 5.41) is 2.95. The van der Waals surface area contributed by atoms with Crippen LogP contribution in [-0.2, 0) is 11.3 Å². The molecule has 2 amide bonds. The number of thiophene rings is 1. The predicted octanol–water partition coefficient (Wildman–Crippen LogP) is 3.31. The van der Waals surface area contributed by atoms with E-state index in [0.717, 1.165) is 33.6 Å². The number of hydrogen-bond donors (Lipinski definition) is 1. The summed E-state index contributed by atoms with van der Waals surface area (Å²) in [4.78, 5) is 54.6. The van der Waals surface area contributed by atoms with Gasteiger partial charge < -0.3 is 10.2 Å². The van der Waals surface area contributed by atoms with Crippen molar-refractivity contribution < 1.29 is 14.0 Å². The maximum Gasteiger partial charge on any atom is 0.337 e. The Morgan fingerprint density at radius 1 is 1.03 bits per heavy atom. The number of amides is 2. The van der Waals surface area contributed by atoms with Gasteiger partial charge in [0.2, 0.25) is 5.91 Å². The zero-order valence-corrected chi connectivity index (χ0v) is 20.4. The molecule has 0 aliphatic carbocycles. The number of nitrogens with zero attached hydrogens (tertiary/aromatic N) is 3. The van der Waals surface area contributed by atoms with E-state index in [1.807, 2.05) is 19.1 Å². The molecule has 1 N–H and O–H groups in total. The van der Waals surface area contributed by atoms with Gasteiger partial charge in [0.05, 0.1) is 16.0 Å². The maximum atomic E-state index is 13.5. The molecule has 180 valence electrons. The lowest BCUT2D eigenvalue weighted by Crippen LogP contribution is -2.40. The smallest absolute Gasteiger partial charge is 0.337 e. The summed E-state index contributed by atoms with van der Waals surface area (Å²) in [5.74, 6) is -1.32. The predicted molar refractivity (Wildman–Crippen MR) is 134 cm³/mol. The van der Waals surface area contributed by atoms with Crippen LogP contribution in [0.5, 0.6) is 0 Å². The normalized spacial score (nSPS) is 11.0. The molecular formula is C25H23FN4O4S. The van der Waals surface area contributed by atoms with E-state index in [1.54, 1.807) is 33.2 Å². The number of aryl methyl sites for hydroxylation is 2. The Morgan fingerprint density at radius 2 is 1.69 bits per heavy atom. The molecule has 2 aromatic carbocycles. The van der Waals surface area contributed by atoms with Crippen LogP contribution in [0.25, 0.3) is 15.9 Å². The summed E-state index contributed by atoms with van der Waals surface area (Å²) in [6.07, 6.45) is 0. The van der Waals surface area contributed by atoms with Crippen LogP contribution in [0.15, 0.2) is 58.1 Å². The number of carbonyl (C=O) groups excluding carboxylic acids is 2. The van der Waals surface area contributed by atoms with E-state index < -0.39 is 23.0 Å².